The van der Waals surface area contributed by atoms with Crippen molar-refractivity contribution in [1.82, 2.24) is 4.57 Å². The SMILES string of the molecule is C=CCC1(CC=C)CCn2c(c(C)c3ccccc32)C1O. The first kappa shape index (κ1) is 14.2. The molecular weight excluding hydrogens is 258 g/mol. The Hall–Kier alpha value is -1.80. The number of para-hydroxylation sites is 1. The van der Waals surface area contributed by atoms with Gasteiger partial charge in [-0.15, -0.1) is 13.2 Å². The van der Waals surface area contributed by atoms with Gasteiger partial charge in [-0.25, -0.2) is 0 Å². The topological polar surface area (TPSA) is 25.2 Å². The number of aliphatic hydroxyl groups excluding tert-OH is 1. The third-order valence-electron chi connectivity index (χ3n) is 5.05. The summed E-state index contributed by atoms with van der Waals surface area (Å²) < 4.78 is 2.29. The van der Waals surface area contributed by atoms with E-state index in [1.165, 1.54) is 16.5 Å². The van der Waals surface area contributed by atoms with Crippen LogP contribution in [0, 0.1) is 12.3 Å². The standard InChI is InChI=1S/C19H23NO/c1-4-10-19(11-5-2)12-13-20-16-9-7-6-8-15(16)14(3)17(20)18(19)21/h4-9,18,21H,1-2,10-13H2,3H3. The average Bonchev–Trinajstić information content (AvgIpc) is 2.78. The van der Waals surface area contributed by atoms with Crippen LogP contribution in [0.2, 0.25) is 0 Å². The van der Waals surface area contributed by atoms with Gasteiger partial charge in [0.15, 0.2) is 0 Å². The summed E-state index contributed by atoms with van der Waals surface area (Å²) in [6, 6.07) is 8.42. The Bertz CT molecular complexity index is 685. The number of fused-ring (bicyclic) bond motifs is 3. The molecule has 0 spiro atoms. The molecule has 0 radical (unpaired) electrons. The van der Waals surface area contributed by atoms with Gasteiger partial charge < -0.3 is 9.67 Å². The van der Waals surface area contributed by atoms with Crippen LogP contribution in [-0.4, -0.2) is 9.67 Å². The van der Waals surface area contributed by atoms with Crippen LogP contribution >= 0.6 is 0 Å². The van der Waals surface area contributed by atoms with E-state index in [0.717, 1.165) is 31.5 Å². The average molecular weight is 281 g/mol. The van der Waals surface area contributed by atoms with E-state index in [-0.39, 0.29) is 5.41 Å². The Morgan fingerprint density at radius 3 is 2.62 bits per heavy atom. The molecule has 1 aromatic heterocycles. The summed E-state index contributed by atoms with van der Waals surface area (Å²) in [5.74, 6) is 0. The van der Waals surface area contributed by atoms with Gasteiger partial charge in [0.2, 0.25) is 0 Å². The van der Waals surface area contributed by atoms with Crippen molar-refractivity contribution >= 4 is 10.9 Å². The van der Waals surface area contributed by atoms with E-state index in [0.29, 0.717) is 0 Å². The van der Waals surface area contributed by atoms with Gasteiger partial charge in [0.25, 0.3) is 0 Å². The van der Waals surface area contributed by atoms with Gasteiger partial charge in [0.05, 0.1) is 5.69 Å². The number of aliphatic hydroxyl groups is 1. The predicted molar refractivity (Wildman–Crippen MR) is 88.3 cm³/mol. The zero-order chi connectivity index (χ0) is 15.0. The van der Waals surface area contributed by atoms with Crippen molar-refractivity contribution in [3.05, 3.63) is 60.8 Å². The van der Waals surface area contributed by atoms with Crippen LogP contribution in [-0.2, 0) is 6.54 Å². The van der Waals surface area contributed by atoms with Crippen molar-refractivity contribution in [2.75, 3.05) is 0 Å². The molecule has 2 aromatic rings. The molecule has 0 amide bonds. The lowest BCUT2D eigenvalue weighted by Crippen LogP contribution is -2.35. The van der Waals surface area contributed by atoms with Crippen molar-refractivity contribution in [3.8, 4) is 0 Å². The Balaban J connectivity index is 2.19. The van der Waals surface area contributed by atoms with Crippen LogP contribution in [0.4, 0.5) is 0 Å². The van der Waals surface area contributed by atoms with Crippen molar-refractivity contribution in [2.24, 2.45) is 5.41 Å². The van der Waals surface area contributed by atoms with Crippen LogP contribution in [0.25, 0.3) is 10.9 Å². The maximum atomic E-state index is 11.1. The lowest BCUT2D eigenvalue weighted by molar-refractivity contribution is -0.00483. The van der Waals surface area contributed by atoms with Crippen LogP contribution in [0.5, 0.6) is 0 Å². The molecule has 0 saturated carbocycles. The molecule has 1 aromatic carbocycles. The second kappa shape index (κ2) is 5.19. The molecule has 0 aliphatic carbocycles. The monoisotopic (exact) mass is 281 g/mol. The molecule has 2 heteroatoms. The van der Waals surface area contributed by atoms with E-state index < -0.39 is 6.10 Å². The highest BCUT2D eigenvalue weighted by molar-refractivity contribution is 5.85. The molecular formula is C19H23NO. The summed E-state index contributed by atoms with van der Waals surface area (Å²) in [7, 11) is 0. The summed E-state index contributed by atoms with van der Waals surface area (Å²) in [6.07, 6.45) is 6.00. The first-order valence-corrected chi connectivity index (χ1v) is 7.62. The number of benzene rings is 1. The Morgan fingerprint density at radius 1 is 1.29 bits per heavy atom. The molecule has 110 valence electrons. The number of hydrogen-bond donors (Lipinski definition) is 1. The van der Waals surface area contributed by atoms with Gasteiger partial charge in [0, 0.05) is 22.9 Å². The van der Waals surface area contributed by atoms with E-state index in [1.807, 2.05) is 12.2 Å². The van der Waals surface area contributed by atoms with Gasteiger partial charge in [-0.1, -0.05) is 30.4 Å². The molecule has 1 aliphatic heterocycles. The zero-order valence-electron chi connectivity index (χ0n) is 12.7. The summed E-state index contributed by atoms with van der Waals surface area (Å²) in [5.41, 5.74) is 3.36. The summed E-state index contributed by atoms with van der Waals surface area (Å²) in [4.78, 5) is 0. The predicted octanol–water partition coefficient (Wildman–Crippen LogP) is 4.53. The first-order chi connectivity index (χ1) is 10.1. The number of hydrogen-bond acceptors (Lipinski definition) is 1. The fraction of sp³-hybridized carbons (Fsp3) is 0.368. The van der Waals surface area contributed by atoms with Crippen molar-refractivity contribution in [3.63, 3.8) is 0 Å². The highest BCUT2D eigenvalue weighted by Gasteiger charge is 2.42. The van der Waals surface area contributed by atoms with E-state index in [4.69, 9.17) is 0 Å². The first-order valence-electron chi connectivity index (χ1n) is 7.62. The maximum Gasteiger partial charge on any atom is 0.100 e. The fourth-order valence-corrected chi connectivity index (χ4v) is 3.94. The summed E-state index contributed by atoms with van der Waals surface area (Å²) in [6.45, 7) is 10.8. The Labute approximate surface area is 126 Å². The third-order valence-corrected chi connectivity index (χ3v) is 5.05. The Morgan fingerprint density at radius 2 is 1.95 bits per heavy atom. The minimum absolute atomic E-state index is 0.154. The quantitative estimate of drug-likeness (QED) is 0.819. The molecule has 0 bridgehead atoms. The molecule has 21 heavy (non-hydrogen) atoms. The molecule has 1 N–H and O–H groups in total. The highest BCUT2D eigenvalue weighted by Crippen LogP contribution is 2.50. The van der Waals surface area contributed by atoms with Crippen LogP contribution < -0.4 is 0 Å². The van der Waals surface area contributed by atoms with Crippen LogP contribution in [0.15, 0.2) is 49.6 Å². The van der Waals surface area contributed by atoms with E-state index >= 15 is 0 Å². The molecule has 2 nitrogen and oxygen atoms in total. The molecule has 1 aliphatic rings. The van der Waals surface area contributed by atoms with Gasteiger partial charge >= 0.3 is 0 Å². The lowest BCUT2D eigenvalue weighted by Gasteiger charge is -2.42. The van der Waals surface area contributed by atoms with Gasteiger partial charge in [-0.3, -0.25) is 0 Å². The maximum absolute atomic E-state index is 11.1. The largest absolute Gasteiger partial charge is 0.386 e. The van der Waals surface area contributed by atoms with Gasteiger partial charge in [0.1, 0.15) is 6.10 Å². The fourth-order valence-electron chi connectivity index (χ4n) is 3.94. The second-order valence-electron chi connectivity index (χ2n) is 6.18. The van der Waals surface area contributed by atoms with Crippen LogP contribution in [0.3, 0.4) is 0 Å². The lowest BCUT2D eigenvalue weighted by atomic mass is 9.70. The van der Waals surface area contributed by atoms with E-state index in [1.54, 1.807) is 0 Å². The normalized spacial score (nSPS) is 20.2. The number of allylic oxidation sites excluding steroid dienone is 2. The zero-order valence-corrected chi connectivity index (χ0v) is 12.7. The van der Waals surface area contributed by atoms with E-state index in [2.05, 4.69) is 48.9 Å². The number of aromatic nitrogens is 1. The highest BCUT2D eigenvalue weighted by atomic mass is 16.3. The Kier molecular flexibility index (Phi) is 3.50. The van der Waals surface area contributed by atoms with Gasteiger partial charge in [-0.05, 0) is 37.8 Å². The molecule has 0 fully saturated rings. The van der Waals surface area contributed by atoms with Crippen molar-refractivity contribution < 1.29 is 5.11 Å². The minimum Gasteiger partial charge on any atom is -0.386 e. The van der Waals surface area contributed by atoms with Crippen molar-refractivity contribution in [2.45, 2.75) is 38.8 Å². The van der Waals surface area contributed by atoms with Crippen LogP contribution in [0.1, 0.15) is 36.6 Å². The third kappa shape index (κ3) is 1.97. The molecule has 1 unspecified atom stereocenters. The number of nitrogens with zero attached hydrogens (tertiary/aromatic N) is 1. The molecule has 0 saturated heterocycles. The number of rotatable bonds is 4. The number of aryl methyl sites for hydroxylation is 2. The molecule has 3 rings (SSSR count). The summed E-state index contributed by atoms with van der Waals surface area (Å²) >= 11 is 0. The minimum atomic E-state index is -0.463. The second-order valence-corrected chi connectivity index (χ2v) is 6.18. The molecule has 2 heterocycles. The van der Waals surface area contributed by atoms with E-state index in [9.17, 15) is 5.11 Å². The van der Waals surface area contributed by atoms with Gasteiger partial charge in [-0.2, -0.15) is 0 Å². The smallest absolute Gasteiger partial charge is 0.100 e. The molecule has 1 atom stereocenters. The summed E-state index contributed by atoms with van der Waals surface area (Å²) in [5, 5.41) is 12.3. The van der Waals surface area contributed by atoms with Crippen molar-refractivity contribution in [1.29, 1.82) is 0 Å².